The predicted octanol–water partition coefficient (Wildman–Crippen LogP) is 3.83. The lowest BCUT2D eigenvalue weighted by atomic mass is 10.1. The minimum absolute atomic E-state index is 0.919. The van der Waals surface area contributed by atoms with Crippen LogP contribution in [0.3, 0.4) is 0 Å². The molecule has 0 spiro atoms. The molecule has 4 heterocycles. The van der Waals surface area contributed by atoms with Crippen molar-refractivity contribution in [2.24, 2.45) is 0 Å². The van der Waals surface area contributed by atoms with Crippen LogP contribution in [0.5, 0.6) is 0 Å². The topological polar surface area (TPSA) is 58.5 Å². The molecule has 1 aromatic carbocycles. The number of nitrogens with one attached hydrogen (secondary N) is 2. The van der Waals surface area contributed by atoms with E-state index in [9.17, 15) is 0 Å². The Morgan fingerprint density at radius 3 is 2.96 bits per heavy atom. The van der Waals surface area contributed by atoms with E-state index in [2.05, 4.69) is 44.1 Å². The zero-order chi connectivity index (χ0) is 16.1. The molecular weight excluding hydrogens is 298 g/mol. The van der Waals surface area contributed by atoms with Gasteiger partial charge in [-0.1, -0.05) is 12.1 Å². The SMILES string of the molecule is Cc1cccc(-c2nc3n(c2-c2ccc4[nH]ccc4c2)CCN3)n1. The van der Waals surface area contributed by atoms with Crippen LogP contribution >= 0.6 is 0 Å². The van der Waals surface area contributed by atoms with E-state index >= 15 is 0 Å². The van der Waals surface area contributed by atoms with Crippen LogP contribution in [-0.2, 0) is 6.54 Å². The van der Waals surface area contributed by atoms with Crippen LogP contribution in [0.25, 0.3) is 33.5 Å². The first-order chi connectivity index (χ1) is 11.8. The fraction of sp³-hybridized carbons (Fsp3) is 0.158. The molecule has 0 unspecified atom stereocenters. The summed E-state index contributed by atoms with van der Waals surface area (Å²) in [5.74, 6) is 0.928. The molecule has 0 saturated heterocycles. The van der Waals surface area contributed by atoms with E-state index < -0.39 is 0 Å². The number of benzene rings is 1. The number of anilines is 1. The monoisotopic (exact) mass is 315 g/mol. The summed E-state index contributed by atoms with van der Waals surface area (Å²) in [6.07, 6.45) is 1.97. The number of hydrogen-bond donors (Lipinski definition) is 2. The Bertz CT molecular complexity index is 1060. The van der Waals surface area contributed by atoms with E-state index in [1.54, 1.807) is 0 Å². The molecule has 0 radical (unpaired) electrons. The predicted molar refractivity (Wildman–Crippen MR) is 96.0 cm³/mol. The van der Waals surface area contributed by atoms with Gasteiger partial charge in [0.15, 0.2) is 0 Å². The van der Waals surface area contributed by atoms with E-state index in [0.29, 0.717) is 0 Å². The molecule has 4 aromatic rings. The zero-order valence-corrected chi connectivity index (χ0v) is 13.4. The zero-order valence-electron chi connectivity index (χ0n) is 13.4. The molecule has 118 valence electrons. The number of hydrogen-bond acceptors (Lipinski definition) is 3. The van der Waals surface area contributed by atoms with Gasteiger partial charge >= 0.3 is 0 Å². The van der Waals surface area contributed by atoms with Crippen molar-refractivity contribution in [3.8, 4) is 22.6 Å². The third-order valence-electron chi connectivity index (χ3n) is 4.54. The maximum absolute atomic E-state index is 4.83. The molecule has 0 atom stereocenters. The molecule has 1 aliphatic rings. The highest BCUT2D eigenvalue weighted by Crippen LogP contribution is 2.36. The molecule has 0 fully saturated rings. The number of nitrogens with zero attached hydrogens (tertiary/aromatic N) is 3. The standard InChI is InChI=1S/C19H17N5/c1-12-3-2-4-16(22-12)17-18(24-10-9-21-19(24)23-17)14-5-6-15-13(11-14)7-8-20-15/h2-8,11,20H,9-10H2,1H3,(H,21,23). The third kappa shape index (κ3) is 1.94. The van der Waals surface area contributed by atoms with E-state index in [1.807, 2.05) is 31.3 Å². The largest absolute Gasteiger partial charge is 0.361 e. The molecule has 0 aliphatic carbocycles. The summed E-state index contributed by atoms with van der Waals surface area (Å²) in [5.41, 5.74) is 6.31. The lowest BCUT2D eigenvalue weighted by molar-refractivity contribution is 0.817. The average Bonchev–Trinajstić information content (AvgIpc) is 3.29. The van der Waals surface area contributed by atoms with Crippen molar-refractivity contribution in [1.29, 1.82) is 0 Å². The summed E-state index contributed by atoms with van der Waals surface area (Å²) >= 11 is 0. The summed E-state index contributed by atoms with van der Waals surface area (Å²) in [5, 5.41) is 4.57. The van der Waals surface area contributed by atoms with Crippen molar-refractivity contribution in [1.82, 2.24) is 19.5 Å². The molecule has 0 saturated carbocycles. The first kappa shape index (κ1) is 13.4. The second-order valence-electron chi connectivity index (χ2n) is 6.15. The van der Waals surface area contributed by atoms with Crippen LogP contribution in [0.4, 0.5) is 5.95 Å². The fourth-order valence-electron chi connectivity index (χ4n) is 3.43. The first-order valence-electron chi connectivity index (χ1n) is 8.15. The summed E-state index contributed by atoms with van der Waals surface area (Å²) in [6.45, 7) is 3.86. The highest BCUT2D eigenvalue weighted by molar-refractivity contribution is 5.88. The molecule has 0 bridgehead atoms. The Kier molecular flexibility index (Phi) is 2.76. The van der Waals surface area contributed by atoms with Crippen LogP contribution in [-0.4, -0.2) is 26.1 Å². The average molecular weight is 315 g/mol. The van der Waals surface area contributed by atoms with Crippen molar-refractivity contribution in [2.75, 3.05) is 11.9 Å². The normalized spacial score (nSPS) is 13.2. The number of aromatic amines is 1. The van der Waals surface area contributed by atoms with Gasteiger partial charge in [0.25, 0.3) is 0 Å². The number of fused-ring (bicyclic) bond motifs is 2. The quantitative estimate of drug-likeness (QED) is 0.591. The lowest BCUT2D eigenvalue weighted by Gasteiger charge is -2.08. The summed E-state index contributed by atoms with van der Waals surface area (Å²) in [7, 11) is 0. The number of aryl methyl sites for hydroxylation is 1. The Morgan fingerprint density at radius 2 is 2.04 bits per heavy atom. The first-order valence-corrected chi connectivity index (χ1v) is 8.15. The van der Waals surface area contributed by atoms with Gasteiger partial charge < -0.3 is 14.9 Å². The molecule has 24 heavy (non-hydrogen) atoms. The van der Waals surface area contributed by atoms with Gasteiger partial charge in [-0.2, -0.15) is 0 Å². The third-order valence-corrected chi connectivity index (χ3v) is 4.54. The van der Waals surface area contributed by atoms with Crippen LogP contribution in [0, 0.1) is 6.92 Å². The van der Waals surface area contributed by atoms with Gasteiger partial charge in [-0.3, -0.25) is 4.98 Å². The molecule has 3 aromatic heterocycles. The maximum Gasteiger partial charge on any atom is 0.204 e. The minimum atomic E-state index is 0.919. The fourth-order valence-corrected chi connectivity index (χ4v) is 3.43. The van der Waals surface area contributed by atoms with E-state index in [0.717, 1.165) is 47.3 Å². The molecule has 5 rings (SSSR count). The second kappa shape index (κ2) is 4.96. The van der Waals surface area contributed by atoms with Gasteiger partial charge in [0.05, 0.1) is 11.4 Å². The van der Waals surface area contributed by atoms with Crippen molar-refractivity contribution >= 4 is 16.9 Å². The molecule has 2 N–H and O–H groups in total. The number of imidazole rings is 1. The Labute approximate surface area is 139 Å². The molecular formula is C19H17N5. The number of rotatable bonds is 2. The lowest BCUT2D eigenvalue weighted by Crippen LogP contribution is -1.99. The van der Waals surface area contributed by atoms with Gasteiger partial charge in [-0.05, 0) is 37.3 Å². The maximum atomic E-state index is 4.83. The number of pyridine rings is 1. The van der Waals surface area contributed by atoms with Crippen LogP contribution in [0.15, 0.2) is 48.7 Å². The van der Waals surface area contributed by atoms with E-state index in [-0.39, 0.29) is 0 Å². The van der Waals surface area contributed by atoms with Crippen LogP contribution in [0.1, 0.15) is 5.69 Å². The smallest absolute Gasteiger partial charge is 0.204 e. The highest BCUT2D eigenvalue weighted by Gasteiger charge is 2.23. The van der Waals surface area contributed by atoms with Crippen molar-refractivity contribution in [3.63, 3.8) is 0 Å². The summed E-state index contributed by atoms with van der Waals surface area (Å²) < 4.78 is 2.26. The van der Waals surface area contributed by atoms with Crippen LogP contribution < -0.4 is 5.32 Å². The van der Waals surface area contributed by atoms with Crippen molar-refractivity contribution in [2.45, 2.75) is 13.5 Å². The van der Waals surface area contributed by atoms with Gasteiger partial charge in [0, 0.05) is 41.4 Å². The summed E-state index contributed by atoms with van der Waals surface area (Å²) in [6, 6.07) is 14.7. The Morgan fingerprint density at radius 1 is 1.08 bits per heavy atom. The second-order valence-corrected chi connectivity index (χ2v) is 6.15. The molecule has 5 nitrogen and oxygen atoms in total. The minimum Gasteiger partial charge on any atom is -0.361 e. The summed E-state index contributed by atoms with van der Waals surface area (Å²) in [4.78, 5) is 12.8. The van der Waals surface area contributed by atoms with Gasteiger partial charge in [-0.15, -0.1) is 0 Å². The van der Waals surface area contributed by atoms with E-state index in [4.69, 9.17) is 4.98 Å². The Balaban J connectivity index is 1.77. The molecule has 5 heteroatoms. The Hall–Kier alpha value is -3.08. The van der Waals surface area contributed by atoms with Crippen molar-refractivity contribution < 1.29 is 0 Å². The number of aromatic nitrogens is 4. The van der Waals surface area contributed by atoms with Crippen LogP contribution in [0.2, 0.25) is 0 Å². The number of H-pyrrole nitrogens is 1. The van der Waals surface area contributed by atoms with E-state index in [1.165, 1.54) is 10.9 Å². The van der Waals surface area contributed by atoms with Gasteiger partial charge in [0.2, 0.25) is 5.95 Å². The van der Waals surface area contributed by atoms with Gasteiger partial charge in [0.1, 0.15) is 5.69 Å². The highest BCUT2D eigenvalue weighted by atomic mass is 15.3. The molecule has 0 amide bonds. The van der Waals surface area contributed by atoms with Crippen molar-refractivity contribution in [3.05, 3.63) is 54.4 Å². The molecule has 1 aliphatic heterocycles. The van der Waals surface area contributed by atoms with Gasteiger partial charge in [-0.25, -0.2) is 4.98 Å².